The summed E-state index contributed by atoms with van der Waals surface area (Å²) in [7, 11) is -9.58. The van der Waals surface area contributed by atoms with Gasteiger partial charge in [0.15, 0.2) is 5.78 Å². The maximum Gasteiger partial charge on any atom is 0.305 e. The van der Waals surface area contributed by atoms with Crippen LogP contribution in [0.25, 0.3) is 5.57 Å². The van der Waals surface area contributed by atoms with Crippen LogP contribution in [0.5, 0.6) is 0 Å². The number of benzene rings is 4. The van der Waals surface area contributed by atoms with E-state index in [2.05, 4.69) is 78.7 Å². The molecule has 0 amide bonds. The molecule has 3 heterocycles. The Bertz CT molecular complexity index is 2760. The molecule has 13 nitrogen and oxygen atoms in total. The van der Waals surface area contributed by atoms with E-state index < -0.39 is 44.1 Å². The van der Waals surface area contributed by atoms with Gasteiger partial charge in [0.1, 0.15) is 21.7 Å². The van der Waals surface area contributed by atoms with E-state index in [1.54, 1.807) is 0 Å². The fraction of sp³-hybridized carbons (Fsp3) is 0.386. The molecule has 16 heteroatoms. The summed E-state index contributed by atoms with van der Waals surface area (Å²) in [6.45, 7) is 13.0. The molecule has 1 fully saturated rings. The highest BCUT2D eigenvalue weighted by Crippen LogP contribution is 2.33. The third-order valence-corrected chi connectivity index (χ3v) is 17.5. The number of carboxylic acids is 1. The van der Waals surface area contributed by atoms with Crippen LogP contribution in [0.4, 0.5) is 5.69 Å². The minimum absolute atomic E-state index is 0.0251. The van der Waals surface area contributed by atoms with Gasteiger partial charge in [-0.3, -0.25) is 23.6 Å². The van der Waals surface area contributed by atoms with Crippen molar-refractivity contribution in [3.63, 3.8) is 0 Å². The first-order valence-corrected chi connectivity index (χ1v) is 26.0. The van der Waals surface area contributed by atoms with Crippen molar-refractivity contribution >= 4 is 61.7 Å². The molecular weight excluding hydrogens is 823 g/mol. The van der Waals surface area contributed by atoms with Gasteiger partial charge < -0.3 is 14.7 Å². The third kappa shape index (κ3) is 8.77. The van der Waals surface area contributed by atoms with E-state index in [0.29, 0.717) is 51.2 Å². The smallest absolute Gasteiger partial charge is 0.305 e. The normalized spacial score (nSPS) is 16.4. The largest absolute Gasteiger partial charge is 0.481 e. The molecule has 3 aliphatic heterocycles. The fourth-order valence-corrected chi connectivity index (χ4v) is 13.4. The molecule has 3 N–H and O–H groups in total. The summed E-state index contributed by atoms with van der Waals surface area (Å²) in [4.78, 5) is 27.4. The van der Waals surface area contributed by atoms with Crippen LogP contribution >= 0.6 is 0 Å². The van der Waals surface area contributed by atoms with E-state index in [4.69, 9.17) is 9.84 Å². The van der Waals surface area contributed by atoms with Gasteiger partial charge in [0.2, 0.25) is 5.36 Å². The third-order valence-electron chi connectivity index (χ3n) is 12.2. The number of aliphatic carboxylic acids is 1. The summed E-state index contributed by atoms with van der Waals surface area (Å²) in [5.74, 6) is -0.888. The molecule has 0 aliphatic carbocycles. The lowest BCUT2D eigenvalue weighted by Crippen LogP contribution is -2.64. The summed E-state index contributed by atoms with van der Waals surface area (Å²) in [6, 6.07) is 18.8. The molecule has 0 spiro atoms. The second kappa shape index (κ2) is 16.7. The van der Waals surface area contributed by atoms with Gasteiger partial charge in [-0.15, -0.1) is 0 Å². The van der Waals surface area contributed by atoms with Crippen LogP contribution in [0.3, 0.4) is 0 Å². The van der Waals surface area contributed by atoms with Gasteiger partial charge in [0, 0.05) is 75.1 Å². The Balaban J connectivity index is 1.20. The van der Waals surface area contributed by atoms with Crippen molar-refractivity contribution in [3.8, 4) is 0 Å². The second-order valence-corrected chi connectivity index (χ2v) is 23.8. The number of hydrogen-bond acceptors (Lipinski definition) is 9. The zero-order valence-electron chi connectivity index (χ0n) is 34.6. The maximum atomic E-state index is 13.4. The summed E-state index contributed by atoms with van der Waals surface area (Å²) < 4.78 is 74.9. The van der Waals surface area contributed by atoms with Crippen molar-refractivity contribution in [1.82, 2.24) is 9.48 Å². The number of carbonyl (C=O) groups excluding carboxylic acids is 1. The number of carboxylic acid groups (broad SMARTS) is 1. The topological polar surface area (TPSA) is 182 Å². The molecule has 3 aliphatic rings. The van der Waals surface area contributed by atoms with E-state index in [-0.39, 0.29) is 30.9 Å². The van der Waals surface area contributed by atoms with Crippen LogP contribution in [0.2, 0.25) is 13.1 Å². The Morgan fingerprint density at radius 3 is 2.18 bits per heavy atom. The number of ketones is 1. The Morgan fingerprint density at radius 2 is 1.53 bits per heavy atom. The minimum atomic E-state index is -4.76. The summed E-state index contributed by atoms with van der Waals surface area (Å²) in [6.07, 6.45) is 1.73. The minimum Gasteiger partial charge on any atom is -0.481 e. The number of anilines is 1. The molecule has 4 aromatic carbocycles. The number of ether oxygens (including phenoxy) is 1. The molecule has 60 heavy (non-hydrogen) atoms. The number of piperazine rings is 1. The molecule has 0 bridgehead atoms. The van der Waals surface area contributed by atoms with E-state index in [1.165, 1.54) is 43.7 Å². The van der Waals surface area contributed by atoms with Crippen molar-refractivity contribution in [2.45, 2.75) is 69.0 Å². The molecule has 0 atom stereocenters. The number of aryl methyl sites for hydroxylation is 2. The summed E-state index contributed by atoms with van der Waals surface area (Å²) in [5, 5.41) is 14.1. The van der Waals surface area contributed by atoms with E-state index in [9.17, 15) is 35.5 Å². The summed E-state index contributed by atoms with van der Waals surface area (Å²) in [5.41, 5.74) is 8.85. The van der Waals surface area contributed by atoms with Crippen molar-refractivity contribution in [2.75, 3.05) is 57.9 Å². The van der Waals surface area contributed by atoms with E-state index >= 15 is 0 Å². The number of hydrogen-bond donors (Lipinski definition) is 3. The fourth-order valence-electron chi connectivity index (χ4n) is 9.08. The van der Waals surface area contributed by atoms with Crippen molar-refractivity contribution in [1.29, 1.82) is 0 Å². The lowest BCUT2D eigenvalue weighted by Gasteiger charge is -2.38. The predicted octanol–water partition coefficient (Wildman–Crippen LogP) is 2.63. The second-order valence-electron chi connectivity index (χ2n) is 16.7. The number of rotatable bonds is 14. The number of carbonyl (C=O) groups is 2. The first kappa shape index (κ1) is 43.5. The average Bonchev–Trinajstić information content (AvgIpc) is 3.55. The van der Waals surface area contributed by atoms with Crippen LogP contribution in [0.15, 0.2) is 70.5 Å². The predicted molar refractivity (Wildman–Crippen MR) is 232 cm³/mol. The molecule has 0 radical (unpaired) electrons. The van der Waals surface area contributed by atoms with E-state index in [0.717, 1.165) is 47.5 Å². The zero-order valence-corrected chi connectivity index (χ0v) is 37.2. The van der Waals surface area contributed by atoms with Gasteiger partial charge in [0.25, 0.3) is 20.2 Å². The number of nitrogens with zero attached hydrogens (tertiary/aromatic N) is 3. The van der Waals surface area contributed by atoms with Gasteiger partial charge in [-0.1, -0.05) is 25.2 Å². The van der Waals surface area contributed by atoms with Crippen LogP contribution in [0, 0.1) is 13.8 Å². The first-order valence-electron chi connectivity index (χ1n) is 20.1. The van der Waals surface area contributed by atoms with Gasteiger partial charge in [-0.2, -0.15) is 16.8 Å². The lowest BCUT2D eigenvalue weighted by atomic mass is 9.86. The average molecular weight is 875 g/mol. The molecule has 7 rings (SSSR count). The zero-order chi connectivity index (χ0) is 43.3. The number of fused-ring (bicyclic) bond motifs is 3. The highest BCUT2D eigenvalue weighted by molar-refractivity contribution is 7.86. The van der Waals surface area contributed by atoms with Crippen LogP contribution < -0.4 is 30.4 Å². The Morgan fingerprint density at radius 1 is 0.833 bits per heavy atom. The number of Topliss-reactive ketones (excluding diaryl/α,β-unsaturated/α-hetero) is 1. The molecule has 0 saturated carbocycles. The molecule has 0 unspecified atom stereocenters. The van der Waals surface area contributed by atoms with Crippen molar-refractivity contribution in [2.24, 2.45) is 0 Å². The Labute approximate surface area is 352 Å². The maximum absolute atomic E-state index is 13.4. The highest BCUT2D eigenvalue weighted by Gasteiger charge is 2.38. The van der Waals surface area contributed by atoms with Gasteiger partial charge >= 0.3 is 5.97 Å². The van der Waals surface area contributed by atoms with Crippen molar-refractivity contribution < 1.29 is 45.4 Å². The van der Waals surface area contributed by atoms with Gasteiger partial charge in [-0.05, 0) is 112 Å². The lowest BCUT2D eigenvalue weighted by molar-refractivity contribution is -0.138. The standard InChI is InChI=1S/C44H51N3O10S2Si/c1-28-21-32(38(48)7-6-19-57-20-13-42(49)50)22-29(2)43(28)44-35-11-9-33(24-40(35)60(4,5)41-26-37-30(23-36(41)44)12-14-45(37)3)47-17-15-46(16-18-47)27-31-8-10-34(58(51,52)53)25-39(31)59(54,55)56/h8-11,21-26H,6-7,12-20,27H2,1-5H3,(H2-,49,50,51,52,53,54,55,56)/p+1. The Kier molecular flexibility index (Phi) is 12.1. The molecule has 1 saturated heterocycles. The first-order chi connectivity index (χ1) is 28.2. The van der Waals surface area contributed by atoms with Gasteiger partial charge in [-0.25, -0.2) is 4.58 Å². The highest BCUT2D eigenvalue weighted by atomic mass is 32.2. The quantitative estimate of drug-likeness (QED) is 0.0555. The van der Waals surface area contributed by atoms with E-state index in [1.807, 2.05) is 12.1 Å². The van der Waals surface area contributed by atoms with Crippen molar-refractivity contribution in [3.05, 3.63) is 110 Å². The SMILES string of the molecule is Cc1cc(C(=O)CCCOCCC(=O)O)cc(C)c1C1=c2cc3c(cc2[Si](C)(C)c2cc(N4CCN(Cc5ccc(S(=O)(=O)O)cc5S(=O)(=O)O)CC4)ccc21)=[N+](C)CC3. The van der Waals surface area contributed by atoms with Crippen LogP contribution in [0.1, 0.15) is 63.0 Å². The molecular formula is C44H52N3O10S2Si+. The Hall–Kier alpha value is -4.55. The van der Waals surface area contributed by atoms with Crippen LogP contribution in [-0.4, -0.2) is 109 Å². The number of likely N-dealkylation sites (N-methyl/N-ethyl adjacent to an activating group) is 1. The molecule has 4 aromatic rings. The molecule has 318 valence electrons. The monoisotopic (exact) mass is 874 g/mol. The van der Waals surface area contributed by atoms with Gasteiger partial charge in [0.05, 0.1) is 22.8 Å². The summed E-state index contributed by atoms with van der Waals surface area (Å²) >= 11 is 0. The molecule has 0 aromatic heterocycles. The van der Waals surface area contributed by atoms with Crippen LogP contribution in [-0.2, 0) is 42.7 Å².